The summed E-state index contributed by atoms with van der Waals surface area (Å²) >= 11 is 0. The zero-order valence-electron chi connectivity index (χ0n) is 16.0. The molecule has 7 heteroatoms. The van der Waals surface area contributed by atoms with E-state index in [1.54, 1.807) is 24.3 Å². The average Bonchev–Trinajstić information content (AvgIpc) is 3.63. The second-order valence-electron chi connectivity index (χ2n) is 7.86. The second kappa shape index (κ2) is 7.62. The Balaban J connectivity index is 1.29. The topological polar surface area (TPSA) is 99.1 Å². The summed E-state index contributed by atoms with van der Waals surface area (Å²) in [6.07, 6.45) is 4.41. The number of amides is 1. The summed E-state index contributed by atoms with van der Waals surface area (Å²) < 4.78 is 27.0. The summed E-state index contributed by atoms with van der Waals surface area (Å²) in [5.41, 5.74) is 2.30. The zero-order valence-corrected chi connectivity index (χ0v) is 16.8. The van der Waals surface area contributed by atoms with Crippen LogP contribution in [0.2, 0.25) is 0 Å². The Kier molecular flexibility index (Phi) is 5.15. The van der Waals surface area contributed by atoms with E-state index in [1.165, 1.54) is 0 Å². The van der Waals surface area contributed by atoms with Gasteiger partial charge >= 0.3 is 0 Å². The number of hydrogen-bond donors (Lipinski definition) is 2. The Labute approximate surface area is 171 Å². The molecule has 2 fully saturated rings. The Bertz CT molecular complexity index is 1050. The second-order valence-corrected chi connectivity index (χ2v) is 9.57. The van der Waals surface area contributed by atoms with E-state index in [4.69, 9.17) is 0 Å². The molecule has 0 atom stereocenters. The number of rotatable bonds is 8. The van der Waals surface area contributed by atoms with E-state index in [1.807, 2.05) is 24.3 Å². The molecule has 0 heterocycles. The molecule has 1 amide bonds. The molecule has 4 rings (SSSR count). The molecular formula is C22H23N3O3S. The Morgan fingerprint density at radius 2 is 1.72 bits per heavy atom. The van der Waals surface area contributed by atoms with Gasteiger partial charge in [-0.25, -0.2) is 13.1 Å². The minimum atomic E-state index is -3.45. The van der Waals surface area contributed by atoms with Crippen molar-refractivity contribution in [2.45, 2.75) is 54.9 Å². The van der Waals surface area contributed by atoms with Gasteiger partial charge in [-0.05, 0) is 67.5 Å². The highest BCUT2D eigenvalue weighted by molar-refractivity contribution is 7.89. The summed E-state index contributed by atoms with van der Waals surface area (Å²) in [5.74, 6) is -0.105. The van der Waals surface area contributed by atoms with Crippen LogP contribution in [0.15, 0.2) is 53.4 Å². The van der Waals surface area contributed by atoms with E-state index in [0.29, 0.717) is 18.5 Å². The van der Waals surface area contributed by atoms with E-state index >= 15 is 0 Å². The number of nitriles is 1. The van der Waals surface area contributed by atoms with Crippen molar-refractivity contribution in [1.29, 1.82) is 5.26 Å². The normalized spacial score (nSPS) is 17.3. The third-order valence-corrected chi connectivity index (χ3v) is 7.00. The van der Waals surface area contributed by atoms with Crippen molar-refractivity contribution < 1.29 is 13.2 Å². The number of nitrogens with one attached hydrogen (secondary N) is 2. The van der Waals surface area contributed by atoms with Crippen LogP contribution >= 0.6 is 0 Å². The SMILES string of the molecule is N#CC1(c2ccc(NC(=O)CCc3ccc(S(=O)(=O)NC4CC4)cc3)cc2)CC1. The summed E-state index contributed by atoms with van der Waals surface area (Å²) in [4.78, 5) is 12.5. The Morgan fingerprint density at radius 3 is 2.28 bits per heavy atom. The van der Waals surface area contributed by atoms with Crippen LogP contribution in [-0.4, -0.2) is 20.4 Å². The van der Waals surface area contributed by atoms with Crippen LogP contribution in [0.4, 0.5) is 5.69 Å². The van der Waals surface area contributed by atoms with Gasteiger partial charge in [-0.15, -0.1) is 0 Å². The Morgan fingerprint density at radius 1 is 1.07 bits per heavy atom. The van der Waals surface area contributed by atoms with E-state index < -0.39 is 10.0 Å². The highest BCUT2D eigenvalue weighted by atomic mass is 32.2. The standard InChI is InChI=1S/C22H23N3O3S/c23-15-22(13-14-22)17-4-6-18(7-5-17)24-21(26)12-3-16-1-10-20(11-2-16)29(27,28)25-19-8-9-19/h1-2,4-7,10-11,19,25H,3,8-9,12-14H2,(H,24,26). The lowest BCUT2D eigenvalue weighted by Gasteiger charge is -2.09. The number of nitrogens with zero attached hydrogens (tertiary/aromatic N) is 1. The Hall–Kier alpha value is -2.69. The maximum atomic E-state index is 12.2. The molecule has 0 bridgehead atoms. The summed E-state index contributed by atoms with van der Waals surface area (Å²) in [7, 11) is -3.45. The zero-order chi connectivity index (χ0) is 20.5. The predicted octanol–water partition coefficient (Wildman–Crippen LogP) is 3.25. The first-order valence-corrected chi connectivity index (χ1v) is 11.3. The smallest absolute Gasteiger partial charge is 0.240 e. The van der Waals surface area contributed by atoms with E-state index in [2.05, 4.69) is 16.1 Å². The molecule has 0 spiro atoms. The van der Waals surface area contributed by atoms with Crippen molar-refractivity contribution >= 4 is 21.6 Å². The molecule has 2 N–H and O–H groups in total. The van der Waals surface area contributed by atoms with Gasteiger partial charge in [0.1, 0.15) is 0 Å². The van der Waals surface area contributed by atoms with Gasteiger partial charge in [0.25, 0.3) is 0 Å². The van der Waals surface area contributed by atoms with E-state index in [9.17, 15) is 18.5 Å². The maximum Gasteiger partial charge on any atom is 0.240 e. The number of hydrogen-bond acceptors (Lipinski definition) is 4. The van der Waals surface area contributed by atoms with Crippen molar-refractivity contribution in [3.63, 3.8) is 0 Å². The van der Waals surface area contributed by atoms with Crippen molar-refractivity contribution in [1.82, 2.24) is 4.72 Å². The first-order valence-electron chi connectivity index (χ1n) is 9.83. The number of aryl methyl sites for hydroxylation is 1. The highest BCUT2D eigenvalue weighted by Crippen LogP contribution is 2.47. The lowest BCUT2D eigenvalue weighted by atomic mass is 9.98. The molecule has 0 saturated heterocycles. The van der Waals surface area contributed by atoms with Gasteiger partial charge in [0, 0.05) is 18.2 Å². The molecule has 0 radical (unpaired) electrons. The number of sulfonamides is 1. The number of anilines is 1. The molecule has 2 aliphatic carbocycles. The largest absolute Gasteiger partial charge is 0.326 e. The van der Waals surface area contributed by atoms with Gasteiger partial charge in [-0.2, -0.15) is 5.26 Å². The third kappa shape index (κ3) is 4.66. The lowest BCUT2D eigenvalue weighted by molar-refractivity contribution is -0.116. The molecule has 150 valence electrons. The van der Waals surface area contributed by atoms with Crippen LogP contribution in [-0.2, 0) is 26.7 Å². The van der Waals surface area contributed by atoms with Gasteiger partial charge in [0.15, 0.2) is 0 Å². The average molecular weight is 410 g/mol. The van der Waals surface area contributed by atoms with Crippen LogP contribution in [0.5, 0.6) is 0 Å². The van der Waals surface area contributed by atoms with Crippen molar-refractivity contribution in [2.75, 3.05) is 5.32 Å². The van der Waals surface area contributed by atoms with Crippen molar-refractivity contribution in [3.8, 4) is 6.07 Å². The maximum absolute atomic E-state index is 12.2. The molecule has 2 aromatic rings. The molecule has 29 heavy (non-hydrogen) atoms. The molecule has 2 aliphatic rings. The number of carbonyl (C=O) groups excluding carboxylic acids is 1. The van der Waals surface area contributed by atoms with Crippen LogP contribution in [0.3, 0.4) is 0 Å². The van der Waals surface area contributed by atoms with Crippen LogP contribution in [0.25, 0.3) is 0 Å². The molecule has 0 unspecified atom stereocenters. The van der Waals surface area contributed by atoms with E-state index in [-0.39, 0.29) is 22.3 Å². The number of benzene rings is 2. The summed E-state index contributed by atoms with van der Waals surface area (Å²) in [6.45, 7) is 0. The number of carbonyl (C=O) groups is 1. The lowest BCUT2D eigenvalue weighted by Crippen LogP contribution is -2.25. The van der Waals surface area contributed by atoms with Gasteiger partial charge in [0.05, 0.1) is 16.4 Å². The quantitative estimate of drug-likeness (QED) is 0.699. The van der Waals surface area contributed by atoms with Crippen LogP contribution < -0.4 is 10.0 Å². The molecule has 0 aliphatic heterocycles. The van der Waals surface area contributed by atoms with Gasteiger partial charge in [0.2, 0.25) is 15.9 Å². The monoisotopic (exact) mass is 409 g/mol. The first-order chi connectivity index (χ1) is 13.9. The van der Waals surface area contributed by atoms with Crippen LogP contribution in [0, 0.1) is 11.3 Å². The fourth-order valence-corrected chi connectivity index (χ4v) is 4.57. The summed E-state index contributed by atoms with van der Waals surface area (Å²) in [5, 5.41) is 12.1. The fourth-order valence-electron chi connectivity index (χ4n) is 3.27. The third-order valence-electron chi connectivity index (χ3n) is 5.46. The molecular weight excluding hydrogens is 386 g/mol. The molecule has 2 saturated carbocycles. The molecule has 2 aromatic carbocycles. The van der Waals surface area contributed by atoms with Gasteiger partial charge < -0.3 is 5.32 Å². The van der Waals surface area contributed by atoms with Gasteiger partial charge in [-0.3, -0.25) is 4.79 Å². The minimum Gasteiger partial charge on any atom is -0.326 e. The van der Waals surface area contributed by atoms with Gasteiger partial charge in [-0.1, -0.05) is 24.3 Å². The van der Waals surface area contributed by atoms with Crippen molar-refractivity contribution in [2.24, 2.45) is 0 Å². The highest BCUT2D eigenvalue weighted by Gasteiger charge is 2.44. The molecule has 6 nitrogen and oxygen atoms in total. The van der Waals surface area contributed by atoms with Crippen molar-refractivity contribution in [3.05, 3.63) is 59.7 Å². The van der Waals surface area contributed by atoms with Crippen LogP contribution in [0.1, 0.15) is 43.2 Å². The first kappa shape index (κ1) is 19.6. The minimum absolute atomic E-state index is 0.0761. The fraction of sp³-hybridized carbons (Fsp3) is 0.364. The molecule has 0 aromatic heterocycles. The summed E-state index contributed by atoms with van der Waals surface area (Å²) in [6, 6.07) is 16.6. The van der Waals surface area contributed by atoms with E-state index in [0.717, 1.165) is 36.8 Å². The predicted molar refractivity (Wildman–Crippen MR) is 110 cm³/mol.